The van der Waals surface area contributed by atoms with Crippen LogP contribution in [0.2, 0.25) is 0 Å². The van der Waals surface area contributed by atoms with Crippen molar-refractivity contribution in [2.45, 2.75) is 58.9 Å². The molecular formula is C17H33N3O. The highest BCUT2D eigenvalue weighted by atomic mass is 16.2. The average Bonchev–Trinajstić information content (AvgIpc) is 3.25. The maximum atomic E-state index is 12.3. The topological polar surface area (TPSA) is 35.6 Å². The van der Waals surface area contributed by atoms with Crippen molar-refractivity contribution in [1.82, 2.24) is 15.1 Å². The minimum atomic E-state index is 0.156. The predicted octanol–water partition coefficient (Wildman–Crippen LogP) is 2.94. The summed E-state index contributed by atoms with van der Waals surface area (Å²) in [6.45, 7) is 11.9. The first-order valence-corrected chi connectivity index (χ1v) is 8.83. The van der Waals surface area contributed by atoms with Crippen molar-refractivity contribution in [1.29, 1.82) is 0 Å². The molecule has 1 aliphatic heterocycles. The molecule has 1 saturated heterocycles. The fraction of sp³-hybridized carbons (Fsp3) is 0.941. The summed E-state index contributed by atoms with van der Waals surface area (Å²) in [6.07, 6.45) is 6.09. The summed E-state index contributed by atoms with van der Waals surface area (Å²) in [5, 5.41) is 3.13. The molecule has 1 heterocycles. The van der Waals surface area contributed by atoms with Gasteiger partial charge in [-0.15, -0.1) is 0 Å². The lowest BCUT2D eigenvalue weighted by molar-refractivity contribution is 0.178. The van der Waals surface area contributed by atoms with Crippen molar-refractivity contribution in [3.63, 3.8) is 0 Å². The molecule has 0 bridgehead atoms. The van der Waals surface area contributed by atoms with Gasteiger partial charge in [0.05, 0.1) is 0 Å². The number of nitrogens with one attached hydrogen (secondary N) is 1. The zero-order chi connectivity index (χ0) is 15.2. The zero-order valence-corrected chi connectivity index (χ0v) is 14.1. The summed E-state index contributed by atoms with van der Waals surface area (Å²) in [6, 6.07) is 0.670. The molecule has 2 fully saturated rings. The van der Waals surface area contributed by atoms with E-state index in [2.05, 4.69) is 35.9 Å². The van der Waals surface area contributed by atoms with Crippen LogP contribution >= 0.6 is 0 Å². The lowest BCUT2D eigenvalue weighted by atomic mass is 9.99. The minimum absolute atomic E-state index is 0.156. The number of amides is 2. The first-order chi connectivity index (χ1) is 10.1. The third-order valence-electron chi connectivity index (χ3n) is 4.78. The molecule has 2 rings (SSSR count). The SMILES string of the molecule is CC(C)CCN(C(=O)NCCN1CCC(C)CC1)C1CC1. The first-order valence-electron chi connectivity index (χ1n) is 8.83. The average molecular weight is 295 g/mol. The van der Waals surface area contributed by atoms with Crippen molar-refractivity contribution in [2.24, 2.45) is 11.8 Å². The molecule has 1 aliphatic carbocycles. The third-order valence-corrected chi connectivity index (χ3v) is 4.78. The van der Waals surface area contributed by atoms with Crippen LogP contribution < -0.4 is 5.32 Å². The van der Waals surface area contributed by atoms with Crippen LogP contribution in [0.3, 0.4) is 0 Å². The number of urea groups is 1. The molecule has 1 saturated carbocycles. The van der Waals surface area contributed by atoms with Crippen LogP contribution in [-0.2, 0) is 0 Å². The van der Waals surface area contributed by atoms with E-state index >= 15 is 0 Å². The Labute approximate surface area is 130 Å². The van der Waals surface area contributed by atoms with Crippen LogP contribution in [0.25, 0.3) is 0 Å². The fourth-order valence-electron chi connectivity index (χ4n) is 2.94. The van der Waals surface area contributed by atoms with Gasteiger partial charge in [-0.1, -0.05) is 20.8 Å². The highest BCUT2D eigenvalue weighted by Gasteiger charge is 2.32. The number of carbonyl (C=O) groups excluding carboxylic acids is 1. The van der Waals surface area contributed by atoms with E-state index < -0.39 is 0 Å². The maximum absolute atomic E-state index is 12.3. The Kier molecular flexibility index (Phi) is 6.34. The summed E-state index contributed by atoms with van der Waals surface area (Å²) in [5.74, 6) is 1.53. The van der Waals surface area contributed by atoms with Crippen LogP contribution in [-0.4, -0.2) is 54.6 Å². The molecule has 1 N–H and O–H groups in total. The van der Waals surface area contributed by atoms with Gasteiger partial charge in [0, 0.05) is 25.7 Å². The number of hydrogen-bond acceptors (Lipinski definition) is 2. The summed E-state index contributed by atoms with van der Waals surface area (Å²) >= 11 is 0. The molecule has 2 aliphatic rings. The van der Waals surface area contributed by atoms with E-state index in [1.54, 1.807) is 0 Å². The normalized spacial score (nSPS) is 20.8. The van der Waals surface area contributed by atoms with Crippen molar-refractivity contribution in [2.75, 3.05) is 32.7 Å². The second-order valence-corrected chi connectivity index (χ2v) is 7.36. The molecule has 2 amide bonds. The van der Waals surface area contributed by atoms with Crippen molar-refractivity contribution in [3.8, 4) is 0 Å². The summed E-state index contributed by atoms with van der Waals surface area (Å²) in [7, 11) is 0. The molecule has 21 heavy (non-hydrogen) atoms. The second kappa shape index (κ2) is 8.02. The summed E-state index contributed by atoms with van der Waals surface area (Å²) < 4.78 is 0. The van der Waals surface area contributed by atoms with Gasteiger partial charge < -0.3 is 15.1 Å². The number of nitrogens with zero attached hydrogens (tertiary/aromatic N) is 2. The van der Waals surface area contributed by atoms with Gasteiger partial charge in [-0.25, -0.2) is 4.79 Å². The Hall–Kier alpha value is -0.770. The first kappa shape index (κ1) is 16.6. The van der Waals surface area contributed by atoms with E-state index in [9.17, 15) is 4.79 Å². The molecule has 0 spiro atoms. The van der Waals surface area contributed by atoms with Crippen LogP contribution in [0.4, 0.5) is 4.79 Å². The maximum Gasteiger partial charge on any atom is 0.317 e. The van der Waals surface area contributed by atoms with E-state index in [1.807, 2.05) is 0 Å². The third kappa shape index (κ3) is 5.85. The lowest BCUT2D eigenvalue weighted by Crippen LogP contribution is -2.45. The Morgan fingerprint density at radius 3 is 2.48 bits per heavy atom. The number of rotatable bonds is 7. The molecule has 4 heteroatoms. The molecule has 0 aromatic carbocycles. The molecule has 0 atom stereocenters. The van der Waals surface area contributed by atoms with Gasteiger partial charge in [-0.05, 0) is 57.0 Å². The van der Waals surface area contributed by atoms with E-state index in [-0.39, 0.29) is 6.03 Å². The summed E-state index contributed by atoms with van der Waals surface area (Å²) in [4.78, 5) is 16.9. The van der Waals surface area contributed by atoms with Crippen LogP contribution in [0, 0.1) is 11.8 Å². The predicted molar refractivity (Wildman–Crippen MR) is 87.4 cm³/mol. The minimum Gasteiger partial charge on any atom is -0.337 e. The number of piperidine rings is 1. The van der Waals surface area contributed by atoms with E-state index in [1.165, 1.54) is 38.8 Å². The van der Waals surface area contributed by atoms with Crippen molar-refractivity contribution >= 4 is 6.03 Å². The largest absolute Gasteiger partial charge is 0.337 e. The van der Waals surface area contributed by atoms with Crippen molar-refractivity contribution < 1.29 is 4.79 Å². The molecule has 122 valence electrons. The molecule has 4 nitrogen and oxygen atoms in total. The monoisotopic (exact) mass is 295 g/mol. The van der Waals surface area contributed by atoms with Crippen LogP contribution in [0.15, 0.2) is 0 Å². The number of carbonyl (C=O) groups is 1. The Morgan fingerprint density at radius 2 is 1.90 bits per heavy atom. The van der Waals surface area contributed by atoms with Crippen LogP contribution in [0.5, 0.6) is 0 Å². The highest BCUT2D eigenvalue weighted by molar-refractivity contribution is 5.74. The Balaban J connectivity index is 1.65. The molecule has 0 aromatic rings. The highest BCUT2D eigenvalue weighted by Crippen LogP contribution is 2.27. The number of likely N-dealkylation sites (tertiary alicyclic amines) is 1. The lowest BCUT2D eigenvalue weighted by Gasteiger charge is -2.30. The molecule has 0 radical (unpaired) electrons. The van der Waals surface area contributed by atoms with E-state index in [4.69, 9.17) is 0 Å². The van der Waals surface area contributed by atoms with Crippen LogP contribution in [0.1, 0.15) is 52.9 Å². The van der Waals surface area contributed by atoms with Gasteiger partial charge in [0.1, 0.15) is 0 Å². The summed E-state index contributed by atoms with van der Waals surface area (Å²) in [5.41, 5.74) is 0. The second-order valence-electron chi connectivity index (χ2n) is 7.36. The Morgan fingerprint density at radius 1 is 1.24 bits per heavy atom. The number of hydrogen-bond donors (Lipinski definition) is 1. The quantitative estimate of drug-likeness (QED) is 0.784. The fourth-order valence-corrected chi connectivity index (χ4v) is 2.94. The van der Waals surface area contributed by atoms with E-state index in [0.29, 0.717) is 12.0 Å². The van der Waals surface area contributed by atoms with E-state index in [0.717, 1.165) is 32.0 Å². The van der Waals surface area contributed by atoms with Gasteiger partial charge >= 0.3 is 6.03 Å². The Bertz CT molecular complexity index is 320. The van der Waals surface area contributed by atoms with Gasteiger partial charge in [0.2, 0.25) is 0 Å². The van der Waals surface area contributed by atoms with Gasteiger partial charge in [-0.3, -0.25) is 0 Å². The standard InChI is InChI=1S/C17H33N3O/c1-14(2)6-12-20(16-4-5-16)17(21)18-9-13-19-10-7-15(3)8-11-19/h14-16H,4-13H2,1-3H3,(H,18,21). The van der Waals surface area contributed by atoms with Gasteiger partial charge in [0.25, 0.3) is 0 Å². The smallest absolute Gasteiger partial charge is 0.317 e. The molecule has 0 aromatic heterocycles. The molecule has 0 unspecified atom stereocenters. The van der Waals surface area contributed by atoms with Crippen molar-refractivity contribution in [3.05, 3.63) is 0 Å². The van der Waals surface area contributed by atoms with Gasteiger partial charge in [0.15, 0.2) is 0 Å². The zero-order valence-electron chi connectivity index (χ0n) is 14.1. The van der Waals surface area contributed by atoms with Gasteiger partial charge in [-0.2, -0.15) is 0 Å². The molecular weight excluding hydrogens is 262 g/mol.